The van der Waals surface area contributed by atoms with E-state index in [0.717, 1.165) is 12.1 Å². The average Bonchev–Trinajstić information content (AvgIpc) is 2.77. The van der Waals surface area contributed by atoms with E-state index in [1.807, 2.05) is 0 Å². The molecule has 0 aliphatic rings. The Morgan fingerprint density at radius 3 is 1.88 bits per heavy atom. The molecule has 0 heterocycles. The first-order valence-electron chi connectivity index (χ1n) is 10.2. The predicted molar refractivity (Wildman–Crippen MR) is 117 cm³/mol. The number of esters is 1. The fraction of sp³-hybridized carbons (Fsp3) is 0.0741. The summed E-state index contributed by atoms with van der Waals surface area (Å²) in [6.07, 6.45) is 0. The van der Waals surface area contributed by atoms with Gasteiger partial charge in [-0.15, -0.1) is 0 Å². The van der Waals surface area contributed by atoms with Crippen LogP contribution in [0.2, 0.25) is 0 Å². The maximum absolute atomic E-state index is 14.8. The summed E-state index contributed by atoms with van der Waals surface area (Å²) in [4.78, 5) is 12.2. The van der Waals surface area contributed by atoms with Gasteiger partial charge in [-0.05, 0) is 59.5 Å². The first-order chi connectivity index (χ1) is 16.2. The quantitative estimate of drug-likeness (QED) is 0.226. The summed E-state index contributed by atoms with van der Waals surface area (Å²) in [6, 6.07) is 15.8. The summed E-state index contributed by atoms with van der Waals surface area (Å²) >= 11 is 0. The van der Waals surface area contributed by atoms with Crippen LogP contribution in [-0.4, -0.2) is 5.97 Å². The number of hydrogen-bond donors (Lipinski definition) is 0. The molecule has 4 aromatic carbocycles. The highest BCUT2D eigenvalue weighted by Gasteiger charge is 2.23. The number of hydrogen-bond acceptors (Lipinski definition) is 2. The molecule has 2 nitrogen and oxygen atoms in total. The van der Waals surface area contributed by atoms with Crippen molar-refractivity contribution in [2.45, 2.75) is 13.5 Å². The topological polar surface area (TPSA) is 26.3 Å². The van der Waals surface area contributed by atoms with Crippen LogP contribution >= 0.6 is 0 Å². The number of carbonyl (C=O) groups excluding carboxylic acids is 1. The van der Waals surface area contributed by atoms with Gasteiger partial charge in [0.2, 0.25) is 0 Å². The second kappa shape index (κ2) is 9.47. The lowest BCUT2D eigenvalue weighted by molar-refractivity contribution is 0.0461. The standard InChI is InChI=1S/C27H17F5O2/c1-15-7-8-19(20(28)9-15)17-10-21(29)25(22(30)11-17)18-12-23(31)26(24(32)13-18)27(33)34-14-16-5-3-2-4-6-16/h2-13H,14H2,1H3. The lowest BCUT2D eigenvalue weighted by Crippen LogP contribution is -2.11. The van der Waals surface area contributed by atoms with Gasteiger partial charge < -0.3 is 4.74 Å². The van der Waals surface area contributed by atoms with Crippen LogP contribution in [0.1, 0.15) is 21.5 Å². The van der Waals surface area contributed by atoms with E-state index < -0.39 is 51.7 Å². The normalized spacial score (nSPS) is 10.9. The van der Waals surface area contributed by atoms with Gasteiger partial charge in [0.1, 0.15) is 41.3 Å². The van der Waals surface area contributed by atoms with Crippen molar-refractivity contribution < 1.29 is 31.5 Å². The van der Waals surface area contributed by atoms with Crippen LogP contribution in [0.3, 0.4) is 0 Å². The molecule has 34 heavy (non-hydrogen) atoms. The fourth-order valence-electron chi connectivity index (χ4n) is 3.57. The largest absolute Gasteiger partial charge is 0.457 e. The molecule has 0 saturated carbocycles. The monoisotopic (exact) mass is 468 g/mol. The Kier molecular flexibility index (Phi) is 6.45. The van der Waals surface area contributed by atoms with E-state index in [9.17, 15) is 26.7 Å². The highest BCUT2D eigenvalue weighted by Crippen LogP contribution is 2.34. The molecule has 0 saturated heterocycles. The van der Waals surface area contributed by atoms with Crippen LogP contribution in [0.15, 0.2) is 72.8 Å². The number of aryl methyl sites for hydroxylation is 1. The molecule has 0 aromatic heterocycles. The van der Waals surface area contributed by atoms with Crippen LogP contribution in [-0.2, 0) is 11.3 Å². The molecular formula is C27H17F5O2. The van der Waals surface area contributed by atoms with Gasteiger partial charge in [-0.2, -0.15) is 0 Å². The Bertz CT molecular complexity index is 1340. The van der Waals surface area contributed by atoms with Crippen molar-refractivity contribution in [3.8, 4) is 22.3 Å². The SMILES string of the molecule is Cc1ccc(-c2cc(F)c(-c3cc(F)c(C(=O)OCc4ccccc4)c(F)c3)c(F)c2)c(F)c1. The van der Waals surface area contributed by atoms with Crippen molar-refractivity contribution in [2.24, 2.45) is 0 Å². The molecule has 4 rings (SSSR count). The van der Waals surface area contributed by atoms with Gasteiger partial charge in [0, 0.05) is 5.56 Å². The van der Waals surface area contributed by atoms with Crippen LogP contribution in [0.5, 0.6) is 0 Å². The summed E-state index contributed by atoms with van der Waals surface area (Å²) in [6.45, 7) is 1.46. The molecule has 0 N–H and O–H groups in total. The maximum Gasteiger partial charge on any atom is 0.344 e. The van der Waals surface area contributed by atoms with Gasteiger partial charge in [-0.1, -0.05) is 42.5 Å². The smallest absolute Gasteiger partial charge is 0.344 e. The molecule has 0 atom stereocenters. The van der Waals surface area contributed by atoms with E-state index in [2.05, 4.69) is 0 Å². The minimum atomic E-state index is -1.33. The van der Waals surface area contributed by atoms with Gasteiger partial charge in [0.05, 0.1) is 5.56 Å². The lowest BCUT2D eigenvalue weighted by Gasteiger charge is -2.12. The first kappa shape index (κ1) is 23.2. The highest BCUT2D eigenvalue weighted by molar-refractivity contribution is 5.91. The summed E-state index contributed by atoms with van der Waals surface area (Å²) < 4.78 is 78.1. The van der Waals surface area contributed by atoms with Gasteiger partial charge in [0.25, 0.3) is 0 Å². The molecule has 0 aliphatic carbocycles. The summed E-state index contributed by atoms with van der Waals surface area (Å²) in [5, 5.41) is 0. The fourth-order valence-corrected chi connectivity index (χ4v) is 3.57. The van der Waals surface area contributed by atoms with Crippen LogP contribution in [0.4, 0.5) is 22.0 Å². The zero-order valence-corrected chi connectivity index (χ0v) is 17.8. The van der Waals surface area contributed by atoms with Crippen molar-refractivity contribution in [1.29, 1.82) is 0 Å². The van der Waals surface area contributed by atoms with Crippen molar-refractivity contribution in [2.75, 3.05) is 0 Å². The molecule has 0 radical (unpaired) electrons. The summed E-state index contributed by atoms with van der Waals surface area (Å²) in [7, 11) is 0. The van der Waals surface area contributed by atoms with E-state index in [-0.39, 0.29) is 17.7 Å². The zero-order chi connectivity index (χ0) is 24.4. The number of carbonyl (C=O) groups is 1. The first-order valence-corrected chi connectivity index (χ1v) is 10.2. The number of ether oxygens (including phenoxy) is 1. The molecular weight excluding hydrogens is 451 g/mol. The van der Waals surface area contributed by atoms with Crippen molar-refractivity contribution in [1.82, 2.24) is 0 Å². The number of benzene rings is 4. The molecule has 0 unspecified atom stereocenters. The van der Waals surface area contributed by atoms with Crippen molar-refractivity contribution in [3.63, 3.8) is 0 Å². The lowest BCUT2D eigenvalue weighted by atomic mass is 9.97. The van der Waals surface area contributed by atoms with Crippen molar-refractivity contribution >= 4 is 5.97 Å². The predicted octanol–water partition coefficient (Wildman–Crippen LogP) is 7.38. The third kappa shape index (κ3) is 4.69. The molecule has 172 valence electrons. The molecule has 0 spiro atoms. The van der Waals surface area contributed by atoms with Crippen LogP contribution in [0.25, 0.3) is 22.3 Å². The molecule has 7 heteroatoms. The third-order valence-electron chi connectivity index (χ3n) is 5.23. The molecule has 0 bridgehead atoms. The number of halogens is 5. The zero-order valence-electron chi connectivity index (χ0n) is 17.8. The Balaban J connectivity index is 1.65. The van der Waals surface area contributed by atoms with Crippen molar-refractivity contribution in [3.05, 3.63) is 119 Å². The Hall–Kier alpha value is -4.00. The Labute approximate surface area is 192 Å². The van der Waals surface area contributed by atoms with Crippen LogP contribution in [0, 0.1) is 36.0 Å². The van der Waals surface area contributed by atoms with E-state index in [1.165, 1.54) is 12.1 Å². The Morgan fingerprint density at radius 1 is 0.706 bits per heavy atom. The minimum Gasteiger partial charge on any atom is -0.457 e. The second-order valence-electron chi connectivity index (χ2n) is 7.67. The van der Waals surface area contributed by atoms with E-state index in [4.69, 9.17) is 4.74 Å². The second-order valence-corrected chi connectivity index (χ2v) is 7.67. The molecule has 0 aliphatic heterocycles. The maximum atomic E-state index is 14.8. The summed E-state index contributed by atoms with van der Waals surface area (Å²) in [5.74, 6) is -6.87. The molecule has 4 aromatic rings. The van der Waals surface area contributed by atoms with Crippen LogP contribution < -0.4 is 0 Å². The van der Waals surface area contributed by atoms with Gasteiger partial charge in [-0.3, -0.25) is 0 Å². The van der Waals surface area contributed by atoms with Gasteiger partial charge in [0.15, 0.2) is 0 Å². The summed E-state index contributed by atoms with van der Waals surface area (Å²) in [5.41, 5.74) is -0.991. The van der Waals surface area contributed by atoms with E-state index >= 15 is 0 Å². The number of rotatable bonds is 5. The molecule has 0 fully saturated rings. The highest BCUT2D eigenvalue weighted by atomic mass is 19.1. The Morgan fingerprint density at radius 2 is 1.29 bits per heavy atom. The van der Waals surface area contributed by atoms with Gasteiger partial charge in [-0.25, -0.2) is 26.7 Å². The minimum absolute atomic E-state index is 0.0242. The van der Waals surface area contributed by atoms with E-state index in [1.54, 1.807) is 43.3 Å². The van der Waals surface area contributed by atoms with Gasteiger partial charge >= 0.3 is 5.97 Å². The molecule has 0 amide bonds. The average molecular weight is 468 g/mol. The van der Waals surface area contributed by atoms with E-state index in [0.29, 0.717) is 23.3 Å². The third-order valence-corrected chi connectivity index (χ3v) is 5.23.